The topological polar surface area (TPSA) is 89.5 Å². The Bertz CT molecular complexity index is 1290. The van der Waals surface area contributed by atoms with Gasteiger partial charge < -0.3 is 11.1 Å². The van der Waals surface area contributed by atoms with Gasteiger partial charge >= 0.3 is 0 Å². The van der Waals surface area contributed by atoms with Crippen LogP contribution in [0.4, 0.5) is 4.39 Å². The molecule has 0 spiro atoms. The van der Waals surface area contributed by atoms with E-state index in [0.29, 0.717) is 17.7 Å². The molecule has 0 fully saturated rings. The van der Waals surface area contributed by atoms with Gasteiger partial charge in [0.1, 0.15) is 5.82 Å². The first kappa shape index (κ1) is 24.4. The molecule has 0 aliphatic heterocycles. The monoisotopic (exact) mass is 468 g/mol. The molecule has 0 radical (unpaired) electrons. The summed E-state index contributed by atoms with van der Waals surface area (Å²) in [5.74, 6) is -0.451. The van der Waals surface area contributed by atoms with Gasteiger partial charge in [-0.15, -0.1) is 0 Å². The van der Waals surface area contributed by atoms with Gasteiger partial charge in [-0.2, -0.15) is 0 Å². The summed E-state index contributed by atoms with van der Waals surface area (Å²) in [6, 6.07) is 13.1. The van der Waals surface area contributed by atoms with Crippen molar-refractivity contribution in [3.05, 3.63) is 83.4 Å². The van der Waals surface area contributed by atoms with Gasteiger partial charge in [0.2, 0.25) is 0 Å². The summed E-state index contributed by atoms with van der Waals surface area (Å²) in [4.78, 5) is 4.03. The molecule has 0 atom stereocenters. The maximum atomic E-state index is 15.1. The molecule has 3 N–H and O–H groups in total. The average Bonchev–Trinajstić information content (AvgIpc) is 3.22. The van der Waals surface area contributed by atoms with Crippen molar-refractivity contribution in [3.63, 3.8) is 0 Å². The fourth-order valence-electron chi connectivity index (χ4n) is 3.71. The Balaban J connectivity index is 2.17. The molecule has 6 nitrogen and oxygen atoms in total. The molecule has 0 saturated heterocycles. The summed E-state index contributed by atoms with van der Waals surface area (Å²) >= 11 is 0. The number of nitrogens with one attached hydrogen (secondary N) is 1. The maximum absolute atomic E-state index is 15.1. The highest BCUT2D eigenvalue weighted by atomic mass is 32.2. The lowest BCUT2D eigenvalue weighted by atomic mass is 10.0. The van der Waals surface area contributed by atoms with Crippen LogP contribution in [0.5, 0.6) is 0 Å². The van der Waals surface area contributed by atoms with Crippen LogP contribution >= 0.6 is 0 Å². The Morgan fingerprint density at radius 3 is 2.61 bits per heavy atom. The van der Waals surface area contributed by atoms with Gasteiger partial charge in [0.05, 0.1) is 10.6 Å². The zero-order valence-electron chi connectivity index (χ0n) is 19.0. The second kappa shape index (κ2) is 10.6. The molecule has 3 aromatic rings. The number of nitrogens with two attached hydrogens (primary N) is 1. The summed E-state index contributed by atoms with van der Waals surface area (Å²) in [6.45, 7) is 2.47. The van der Waals surface area contributed by atoms with E-state index < -0.39 is 15.8 Å². The van der Waals surface area contributed by atoms with E-state index in [1.165, 1.54) is 30.6 Å². The first-order valence-electron chi connectivity index (χ1n) is 10.7. The van der Waals surface area contributed by atoms with Crippen LogP contribution in [-0.2, 0) is 23.0 Å². The van der Waals surface area contributed by atoms with Crippen LogP contribution < -0.4 is 11.1 Å². The van der Waals surface area contributed by atoms with Gasteiger partial charge in [0.15, 0.2) is 0 Å². The number of aliphatic imine (C=N–C) groups is 1. The molecule has 0 aliphatic carbocycles. The molecular weight excluding hydrogens is 439 g/mol. The number of aryl methyl sites for hydroxylation is 1. The number of hydrogen-bond acceptors (Lipinski definition) is 5. The van der Waals surface area contributed by atoms with Crippen molar-refractivity contribution < 1.29 is 12.8 Å². The fourth-order valence-corrected chi connectivity index (χ4v) is 5.14. The van der Waals surface area contributed by atoms with Crippen LogP contribution in [0.1, 0.15) is 30.0 Å². The lowest BCUT2D eigenvalue weighted by Crippen LogP contribution is -2.14. The van der Waals surface area contributed by atoms with Gasteiger partial charge in [-0.1, -0.05) is 31.5 Å². The first-order valence-corrected chi connectivity index (χ1v) is 12.1. The van der Waals surface area contributed by atoms with Crippen molar-refractivity contribution in [2.75, 3.05) is 14.1 Å². The molecule has 0 aliphatic rings. The van der Waals surface area contributed by atoms with Gasteiger partial charge in [0.25, 0.3) is 10.0 Å². The van der Waals surface area contributed by atoms with Crippen LogP contribution in [0.15, 0.2) is 70.8 Å². The van der Waals surface area contributed by atoms with E-state index in [2.05, 4.69) is 10.3 Å². The summed E-state index contributed by atoms with van der Waals surface area (Å²) in [5.41, 5.74) is 9.01. The molecule has 0 saturated carbocycles. The normalized spacial score (nSPS) is 12.5. The van der Waals surface area contributed by atoms with Crippen molar-refractivity contribution in [3.8, 4) is 11.3 Å². The number of aromatic nitrogens is 1. The third kappa shape index (κ3) is 5.23. The zero-order valence-corrected chi connectivity index (χ0v) is 19.9. The van der Waals surface area contributed by atoms with E-state index in [1.807, 2.05) is 13.0 Å². The zero-order chi connectivity index (χ0) is 24.0. The molecule has 1 heterocycles. The van der Waals surface area contributed by atoms with E-state index in [9.17, 15) is 8.42 Å². The SMILES string of the molecule is CCCc1ccc(-c2cc(CNC)cn2S(=O)(=O)c2cccc(C(C=NC)=CN)c2)c(F)c1. The van der Waals surface area contributed by atoms with Crippen molar-refractivity contribution in [2.24, 2.45) is 10.7 Å². The van der Waals surface area contributed by atoms with Crippen molar-refractivity contribution in [1.82, 2.24) is 9.29 Å². The summed E-state index contributed by atoms with van der Waals surface area (Å²) in [6.07, 6.45) is 6.12. The number of benzene rings is 2. The van der Waals surface area contributed by atoms with Gasteiger partial charge in [-0.3, -0.25) is 4.99 Å². The van der Waals surface area contributed by atoms with Crippen LogP contribution in [-0.4, -0.2) is 32.7 Å². The Morgan fingerprint density at radius 2 is 1.97 bits per heavy atom. The molecule has 0 amide bonds. The molecule has 0 unspecified atom stereocenters. The lowest BCUT2D eigenvalue weighted by Gasteiger charge is -2.13. The Labute approximate surface area is 194 Å². The van der Waals surface area contributed by atoms with Crippen molar-refractivity contribution in [2.45, 2.75) is 31.2 Å². The third-order valence-corrected chi connectivity index (χ3v) is 6.91. The summed E-state index contributed by atoms with van der Waals surface area (Å²) < 4.78 is 43.6. The minimum absolute atomic E-state index is 0.0692. The fraction of sp³-hybridized carbons (Fsp3) is 0.240. The number of rotatable bonds is 9. The molecule has 1 aromatic heterocycles. The minimum atomic E-state index is -4.02. The quantitative estimate of drug-likeness (QED) is 0.461. The molecule has 0 bridgehead atoms. The maximum Gasteiger partial charge on any atom is 0.268 e. The van der Waals surface area contributed by atoms with Gasteiger partial charge in [0, 0.05) is 43.3 Å². The highest BCUT2D eigenvalue weighted by molar-refractivity contribution is 7.90. The van der Waals surface area contributed by atoms with Gasteiger partial charge in [-0.25, -0.2) is 16.8 Å². The van der Waals surface area contributed by atoms with E-state index in [-0.39, 0.29) is 16.2 Å². The summed E-state index contributed by atoms with van der Waals surface area (Å²) in [5, 5.41) is 3.02. The van der Waals surface area contributed by atoms with E-state index in [0.717, 1.165) is 27.9 Å². The Hall–Kier alpha value is -3.23. The summed E-state index contributed by atoms with van der Waals surface area (Å²) in [7, 11) is -0.642. The van der Waals surface area contributed by atoms with E-state index >= 15 is 4.39 Å². The smallest absolute Gasteiger partial charge is 0.268 e. The van der Waals surface area contributed by atoms with Crippen LogP contribution in [0.3, 0.4) is 0 Å². The number of nitrogens with zero attached hydrogens (tertiary/aromatic N) is 2. The molecule has 33 heavy (non-hydrogen) atoms. The molecular formula is C25H29FN4O2S. The first-order chi connectivity index (χ1) is 15.8. The molecule has 8 heteroatoms. The molecule has 3 rings (SSSR count). The van der Waals surface area contributed by atoms with E-state index in [1.54, 1.807) is 44.6 Å². The van der Waals surface area contributed by atoms with Crippen molar-refractivity contribution in [1.29, 1.82) is 0 Å². The Kier molecular flexibility index (Phi) is 7.84. The molecule has 174 valence electrons. The Morgan fingerprint density at radius 1 is 1.18 bits per heavy atom. The highest BCUT2D eigenvalue weighted by Gasteiger charge is 2.24. The number of hydrogen-bond donors (Lipinski definition) is 2. The van der Waals surface area contributed by atoms with Gasteiger partial charge in [-0.05, 0) is 60.5 Å². The second-order valence-electron chi connectivity index (χ2n) is 7.67. The minimum Gasteiger partial charge on any atom is -0.404 e. The van der Waals surface area contributed by atoms with Crippen LogP contribution in [0.2, 0.25) is 0 Å². The standard InChI is InChI=1S/C25H29FN4O2S/c1-4-6-18-9-10-23(24(26)11-18)25-12-19(15-28-2)17-30(25)33(31,32)22-8-5-7-20(13-22)21(14-27)16-29-3/h5,7-14,16-17,28H,4,6,15,27H2,1-3H3. The number of halogens is 1. The number of allylic oxidation sites excluding steroid dienone is 1. The van der Waals surface area contributed by atoms with Crippen LogP contribution in [0.25, 0.3) is 16.8 Å². The third-order valence-electron chi connectivity index (χ3n) is 5.24. The predicted molar refractivity (Wildman–Crippen MR) is 132 cm³/mol. The largest absolute Gasteiger partial charge is 0.404 e. The van der Waals surface area contributed by atoms with Crippen LogP contribution in [0, 0.1) is 5.82 Å². The average molecular weight is 469 g/mol. The lowest BCUT2D eigenvalue weighted by molar-refractivity contribution is 0.587. The second-order valence-corrected chi connectivity index (χ2v) is 9.48. The highest BCUT2D eigenvalue weighted by Crippen LogP contribution is 2.30. The van der Waals surface area contributed by atoms with Crippen molar-refractivity contribution >= 4 is 21.8 Å². The predicted octanol–water partition coefficient (Wildman–Crippen LogP) is 4.20. The molecule has 2 aromatic carbocycles. The van der Waals surface area contributed by atoms with E-state index in [4.69, 9.17) is 5.73 Å².